The molecule has 0 radical (unpaired) electrons. The summed E-state index contributed by atoms with van der Waals surface area (Å²) < 4.78 is 16.5. The summed E-state index contributed by atoms with van der Waals surface area (Å²) in [6.45, 7) is 2.33. The van der Waals surface area contributed by atoms with Crippen LogP contribution in [0.25, 0.3) is 0 Å². The van der Waals surface area contributed by atoms with Gasteiger partial charge in [0.25, 0.3) is 5.90 Å². The van der Waals surface area contributed by atoms with Crippen molar-refractivity contribution in [2.75, 3.05) is 26.4 Å². The Kier molecular flexibility index (Phi) is 12.2. The number of hydrogen-bond donors (Lipinski definition) is 0. The van der Waals surface area contributed by atoms with Crippen LogP contribution in [-0.4, -0.2) is 32.3 Å². The smallest absolute Gasteiger partial charge is 0.264 e. The van der Waals surface area contributed by atoms with Crippen molar-refractivity contribution in [2.24, 2.45) is 5.16 Å². The Morgan fingerprint density at radius 1 is 0.963 bits per heavy atom. The summed E-state index contributed by atoms with van der Waals surface area (Å²) in [6, 6.07) is 3.08. The molecule has 1 rings (SSSR count). The van der Waals surface area contributed by atoms with Crippen molar-refractivity contribution < 1.29 is 19.0 Å². The summed E-state index contributed by atoms with van der Waals surface area (Å²) in [5, 5.41) is 4.28. The molecule has 0 saturated carbocycles. The summed E-state index contributed by atoms with van der Waals surface area (Å²) in [5.41, 5.74) is 0. The van der Waals surface area contributed by atoms with Crippen molar-refractivity contribution in [1.29, 1.82) is 0 Å². The minimum atomic E-state index is -0.0591. The lowest BCUT2D eigenvalue weighted by molar-refractivity contribution is 0.152. The van der Waals surface area contributed by atoms with E-state index in [2.05, 4.69) is 5.16 Å². The van der Waals surface area contributed by atoms with Crippen LogP contribution in [0.1, 0.15) is 6.92 Å². The monoisotopic (exact) mass is 495 g/mol. The second kappa shape index (κ2) is 13.5. The lowest BCUT2D eigenvalue weighted by Gasteiger charge is -2.13. The van der Waals surface area contributed by atoms with Crippen LogP contribution in [0.2, 0.25) is 10.0 Å². The molecule has 1 aromatic carbocycles. The molecule has 0 aliphatic rings. The minimum Gasteiger partial charge on any atom is -0.489 e. The standard InChI is InChI=1S/C16H15Cl6NO4/c1-2-24-15(23-27-6-4-14(21)22)9-26-16-11(17)7-10(8-12(16)18)25-5-3-13(19)20/h3-4,7-8H,2,5-6,9H2,1H3. The van der Waals surface area contributed by atoms with Gasteiger partial charge in [-0.05, 0) is 24.2 Å². The number of nitrogens with zero attached hydrogens (tertiary/aromatic N) is 1. The number of oxime groups is 1. The summed E-state index contributed by atoms with van der Waals surface area (Å²) in [4.78, 5) is 5.02. The number of benzene rings is 1. The first-order chi connectivity index (χ1) is 12.8. The van der Waals surface area contributed by atoms with Gasteiger partial charge in [-0.15, -0.1) is 0 Å². The fourth-order valence-electron chi connectivity index (χ4n) is 1.56. The SMILES string of the molecule is CCOC(COc1c(Cl)cc(OCC=C(Cl)Cl)cc1Cl)=NOCC=C(Cl)Cl. The van der Waals surface area contributed by atoms with Crippen LogP contribution in [0.15, 0.2) is 38.4 Å². The minimum absolute atomic E-state index is 0.0591. The average Bonchev–Trinajstić information content (AvgIpc) is 2.57. The number of ether oxygens (including phenoxy) is 3. The average molecular weight is 498 g/mol. The molecule has 0 spiro atoms. The van der Waals surface area contributed by atoms with E-state index < -0.39 is 0 Å². The third kappa shape index (κ3) is 10.4. The first kappa shape index (κ1) is 24.3. The zero-order valence-electron chi connectivity index (χ0n) is 14.0. The predicted octanol–water partition coefficient (Wildman–Crippen LogP) is 6.76. The van der Waals surface area contributed by atoms with E-state index in [4.69, 9.17) is 88.7 Å². The Balaban J connectivity index is 2.74. The van der Waals surface area contributed by atoms with Gasteiger partial charge in [-0.2, -0.15) is 0 Å². The Labute approximate surface area is 187 Å². The van der Waals surface area contributed by atoms with E-state index in [0.717, 1.165) is 0 Å². The van der Waals surface area contributed by atoms with E-state index in [0.29, 0.717) is 12.4 Å². The summed E-state index contributed by atoms with van der Waals surface area (Å²) in [5.74, 6) is 0.855. The van der Waals surface area contributed by atoms with Gasteiger partial charge >= 0.3 is 0 Å². The topological polar surface area (TPSA) is 49.3 Å². The third-order valence-electron chi connectivity index (χ3n) is 2.59. The van der Waals surface area contributed by atoms with E-state index in [1.807, 2.05) is 0 Å². The van der Waals surface area contributed by atoms with Crippen molar-refractivity contribution in [2.45, 2.75) is 6.92 Å². The largest absolute Gasteiger partial charge is 0.489 e. The number of halogens is 6. The number of rotatable bonds is 10. The van der Waals surface area contributed by atoms with Crippen molar-refractivity contribution in [3.8, 4) is 11.5 Å². The highest BCUT2D eigenvalue weighted by Crippen LogP contribution is 2.37. The van der Waals surface area contributed by atoms with Gasteiger partial charge in [-0.1, -0.05) is 69.6 Å². The van der Waals surface area contributed by atoms with Gasteiger partial charge in [-0.3, -0.25) is 0 Å². The molecule has 0 aromatic heterocycles. The summed E-state index contributed by atoms with van der Waals surface area (Å²) >= 11 is 34.4. The van der Waals surface area contributed by atoms with Crippen LogP contribution in [0.3, 0.4) is 0 Å². The van der Waals surface area contributed by atoms with E-state index in [-0.39, 0.29) is 50.5 Å². The van der Waals surface area contributed by atoms with Crippen molar-refractivity contribution >= 4 is 75.5 Å². The van der Waals surface area contributed by atoms with E-state index in [9.17, 15) is 0 Å². The molecule has 0 bridgehead atoms. The van der Waals surface area contributed by atoms with Gasteiger partial charge in [0, 0.05) is 12.1 Å². The van der Waals surface area contributed by atoms with Crippen molar-refractivity contribution in [3.63, 3.8) is 0 Å². The molecule has 0 unspecified atom stereocenters. The second-order valence-electron chi connectivity index (χ2n) is 4.52. The second-order valence-corrected chi connectivity index (χ2v) is 7.35. The molecule has 11 heteroatoms. The zero-order chi connectivity index (χ0) is 20.2. The van der Waals surface area contributed by atoms with Crippen LogP contribution in [0.4, 0.5) is 0 Å². The lowest BCUT2D eigenvalue weighted by atomic mass is 10.3. The molecular formula is C16H15Cl6NO4. The first-order valence-corrected chi connectivity index (χ1v) is 9.68. The Morgan fingerprint density at radius 2 is 1.56 bits per heavy atom. The maximum Gasteiger partial charge on any atom is 0.264 e. The normalized spacial score (nSPS) is 10.9. The molecule has 5 nitrogen and oxygen atoms in total. The molecule has 0 aliphatic carbocycles. The molecular weight excluding hydrogens is 483 g/mol. The molecule has 1 aromatic rings. The number of hydrogen-bond acceptors (Lipinski definition) is 5. The highest BCUT2D eigenvalue weighted by atomic mass is 35.5. The molecule has 0 amide bonds. The first-order valence-electron chi connectivity index (χ1n) is 7.42. The van der Waals surface area contributed by atoms with E-state index in [1.165, 1.54) is 12.2 Å². The van der Waals surface area contributed by atoms with E-state index in [1.54, 1.807) is 19.1 Å². The van der Waals surface area contributed by atoms with Crippen LogP contribution in [-0.2, 0) is 9.57 Å². The lowest BCUT2D eigenvalue weighted by Crippen LogP contribution is -2.16. The Morgan fingerprint density at radius 3 is 2.11 bits per heavy atom. The van der Waals surface area contributed by atoms with Gasteiger partial charge in [0.05, 0.1) is 16.7 Å². The fraction of sp³-hybridized carbons (Fsp3) is 0.312. The molecule has 0 atom stereocenters. The van der Waals surface area contributed by atoms with Crippen molar-refractivity contribution in [1.82, 2.24) is 0 Å². The van der Waals surface area contributed by atoms with Gasteiger partial charge < -0.3 is 19.0 Å². The molecule has 150 valence electrons. The maximum atomic E-state index is 6.19. The molecule has 0 fully saturated rings. The Bertz CT molecular complexity index is 677. The zero-order valence-corrected chi connectivity index (χ0v) is 18.5. The predicted molar refractivity (Wildman–Crippen MR) is 112 cm³/mol. The van der Waals surface area contributed by atoms with E-state index >= 15 is 0 Å². The van der Waals surface area contributed by atoms with Gasteiger partial charge in [0.1, 0.15) is 27.9 Å². The quantitative estimate of drug-likeness (QED) is 0.155. The molecule has 0 N–H and O–H groups in total. The van der Waals surface area contributed by atoms with Gasteiger partial charge in [-0.25, -0.2) is 0 Å². The van der Waals surface area contributed by atoms with Crippen LogP contribution < -0.4 is 9.47 Å². The highest BCUT2D eigenvalue weighted by molar-refractivity contribution is 6.56. The highest BCUT2D eigenvalue weighted by Gasteiger charge is 2.13. The van der Waals surface area contributed by atoms with Gasteiger partial charge in [0.2, 0.25) is 0 Å². The molecule has 27 heavy (non-hydrogen) atoms. The van der Waals surface area contributed by atoms with Gasteiger partial charge in [0.15, 0.2) is 12.4 Å². The Hall–Kier alpha value is -0.690. The summed E-state index contributed by atoms with van der Waals surface area (Å²) in [7, 11) is 0. The summed E-state index contributed by atoms with van der Waals surface area (Å²) in [6.07, 6.45) is 2.91. The fourth-order valence-corrected chi connectivity index (χ4v) is 2.39. The molecule has 0 aliphatic heterocycles. The van der Waals surface area contributed by atoms with Crippen LogP contribution in [0.5, 0.6) is 11.5 Å². The maximum absolute atomic E-state index is 6.19. The van der Waals surface area contributed by atoms with Crippen molar-refractivity contribution in [3.05, 3.63) is 43.3 Å². The molecule has 0 saturated heterocycles. The van der Waals surface area contributed by atoms with Crippen LogP contribution >= 0.6 is 69.6 Å². The third-order valence-corrected chi connectivity index (χ3v) is 3.77. The van der Waals surface area contributed by atoms with Crippen LogP contribution in [0, 0.1) is 0 Å². The molecule has 0 heterocycles.